The van der Waals surface area contributed by atoms with Crippen molar-refractivity contribution in [1.29, 1.82) is 0 Å². The van der Waals surface area contributed by atoms with E-state index in [-0.39, 0.29) is 11.8 Å². The van der Waals surface area contributed by atoms with Crippen LogP contribution in [0.3, 0.4) is 0 Å². The molecule has 0 radical (unpaired) electrons. The molecule has 0 unspecified atom stereocenters. The van der Waals surface area contributed by atoms with Gasteiger partial charge in [0.25, 0.3) is 0 Å². The van der Waals surface area contributed by atoms with Crippen molar-refractivity contribution in [3.8, 4) is 11.5 Å². The second kappa shape index (κ2) is 4.88. The average Bonchev–Trinajstić information content (AvgIpc) is 2.93. The van der Waals surface area contributed by atoms with Crippen molar-refractivity contribution in [1.82, 2.24) is 20.2 Å². The molecular formula is C13H8N4O3. The second-order valence-corrected chi connectivity index (χ2v) is 3.85. The van der Waals surface area contributed by atoms with Gasteiger partial charge in [0.1, 0.15) is 5.52 Å². The van der Waals surface area contributed by atoms with E-state index < -0.39 is 5.97 Å². The Hall–Kier alpha value is -3.09. The fourth-order valence-corrected chi connectivity index (χ4v) is 1.72. The molecule has 1 N–H and O–H groups in total. The van der Waals surface area contributed by atoms with Crippen LogP contribution in [0.5, 0.6) is 0 Å². The van der Waals surface area contributed by atoms with Gasteiger partial charge in [-0.1, -0.05) is 6.07 Å². The van der Waals surface area contributed by atoms with Gasteiger partial charge in [-0.15, -0.1) is 10.2 Å². The molecule has 0 saturated carbocycles. The fraction of sp³-hybridized carbons (Fsp3) is 0. The first-order valence-corrected chi connectivity index (χ1v) is 5.68. The molecule has 3 aromatic rings. The molecule has 1 aromatic carbocycles. The molecule has 0 aliphatic carbocycles. The zero-order valence-electron chi connectivity index (χ0n) is 10.1. The fourth-order valence-electron chi connectivity index (χ4n) is 1.72. The zero-order chi connectivity index (χ0) is 13.9. The summed E-state index contributed by atoms with van der Waals surface area (Å²) in [6.45, 7) is 0. The maximum absolute atomic E-state index is 10.4. The van der Waals surface area contributed by atoms with Crippen molar-refractivity contribution in [3.63, 3.8) is 0 Å². The number of hydrogen-bond acceptors (Lipinski definition) is 6. The third kappa shape index (κ3) is 2.24. The molecule has 2 aromatic heterocycles. The van der Waals surface area contributed by atoms with Crippen LogP contribution in [0.15, 0.2) is 41.1 Å². The molecule has 7 nitrogen and oxygen atoms in total. The van der Waals surface area contributed by atoms with Crippen molar-refractivity contribution in [2.24, 2.45) is 0 Å². The Morgan fingerprint density at radius 1 is 1.20 bits per heavy atom. The number of carboxylic acids is 1. The lowest BCUT2D eigenvalue weighted by Gasteiger charge is -1.99. The zero-order valence-corrected chi connectivity index (χ0v) is 10.1. The summed E-state index contributed by atoms with van der Waals surface area (Å²) < 4.78 is 5.39. The number of benzene rings is 1. The highest BCUT2D eigenvalue weighted by Crippen LogP contribution is 2.24. The molecular weight excluding hydrogens is 260 g/mol. The lowest BCUT2D eigenvalue weighted by molar-refractivity contribution is -0.131. The Labute approximate surface area is 112 Å². The first-order valence-electron chi connectivity index (χ1n) is 5.68. The largest absolute Gasteiger partial charge is 0.478 e. The maximum atomic E-state index is 10.4. The first kappa shape index (κ1) is 12.0. The molecule has 7 heteroatoms. The highest BCUT2D eigenvalue weighted by molar-refractivity contribution is 5.88. The predicted octanol–water partition coefficient (Wildman–Crippen LogP) is 1.78. The van der Waals surface area contributed by atoms with Gasteiger partial charge in [-0.05, 0) is 12.1 Å². The van der Waals surface area contributed by atoms with E-state index in [1.165, 1.54) is 6.08 Å². The number of aromatic nitrogens is 4. The summed E-state index contributed by atoms with van der Waals surface area (Å²) in [5, 5.41) is 16.2. The summed E-state index contributed by atoms with van der Waals surface area (Å²) in [6.07, 6.45) is 5.34. The van der Waals surface area contributed by atoms with Crippen LogP contribution in [0, 0.1) is 0 Å². The van der Waals surface area contributed by atoms with Crippen LogP contribution in [0.2, 0.25) is 0 Å². The predicted molar refractivity (Wildman–Crippen MR) is 69.5 cm³/mol. The monoisotopic (exact) mass is 268 g/mol. The van der Waals surface area contributed by atoms with Crippen LogP contribution in [0.25, 0.3) is 28.6 Å². The van der Waals surface area contributed by atoms with E-state index in [0.717, 1.165) is 6.08 Å². The van der Waals surface area contributed by atoms with E-state index in [1.807, 2.05) is 12.1 Å². The second-order valence-electron chi connectivity index (χ2n) is 3.85. The number of nitrogens with zero attached hydrogens (tertiary/aromatic N) is 4. The third-order valence-electron chi connectivity index (χ3n) is 2.54. The van der Waals surface area contributed by atoms with E-state index in [4.69, 9.17) is 9.52 Å². The van der Waals surface area contributed by atoms with Gasteiger partial charge in [0.05, 0.1) is 11.1 Å². The van der Waals surface area contributed by atoms with Gasteiger partial charge in [0.15, 0.2) is 0 Å². The van der Waals surface area contributed by atoms with E-state index in [0.29, 0.717) is 16.6 Å². The summed E-state index contributed by atoms with van der Waals surface area (Å²) in [7, 11) is 0. The number of fused-ring (bicyclic) bond motifs is 1. The molecule has 0 saturated heterocycles. The Balaban J connectivity index is 2.06. The van der Waals surface area contributed by atoms with E-state index in [1.54, 1.807) is 18.5 Å². The number of hydrogen-bond donors (Lipinski definition) is 1. The number of aliphatic carboxylic acids is 1. The average molecular weight is 268 g/mol. The lowest BCUT2D eigenvalue weighted by Crippen LogP contribution is -1.86. The van der Waals surface area contributed by atoms with Crippen LogP contribution < -0.4 is 0 Å². The summed E-state index contributed by atoms with van der Waals surface area (Å²) >= 11 is 0. The summed E-state index contributed by atoms with van der Waals surface area (Å²) in [4.78, 5) is 18.9. The van der Waals surface area contributed by atoms with Gasteiger partial charge in [-0.3, -0.25) is 9.97 Å². The molecule has 0 atom stereocenters. The third-order valence-corrected chi connectivity index (χ3v) is 2.54. The smallest absolute Gasteiger partial charge is 0.328 e. The van der Waals surface area contributed by atoms with Crippen LogP contribution in [-0.2, 0) is 4.79 Å². The molecule has 3 rings (SSSR count). The Morgan fingerprint density at radius 3 is 2.90 bits per heavy atom. The molecule has 98 valence electrons. The van der Waals surface area contributed by atoms with Gasteiger partial charge < -0.3 is 9.52 Å². The molecule has 20 heavy (non-hydrogen) atoms. The molecule has 0 spiro atoms. The first-order chi connectivity index (χ1) is 9.74. The maximum Gasteiger partial charge on any atom is 0.328 e. The summed E-state index contributed by atoms with van der Waals surface area (Å²) in [5.74, 6) is -0.704. The Morgan fingerprint density at radius 2 is 2.05 bits per heavy atom. The van der Waals surface area contributed by atoms with Gasteiger partial charge in [-0.2, -0.15) is 0 Å². The minimum absolute atomic E-state index is 0.114. The van der Waals surface area contributed by atoms with Crippen molar-refractivity contribution in [3.05, 3.63) is 42.6 Å². The lowest BCUT2D eigenvalue weighted by atomic mass is 10.2. The van der Waals surface area contributed by atoms with Crippen LogP contribution in [0.4, 0.5) is 0 Å². The molecule has 0 aliphatic rings. The van der Waals surface area contributed by atoms with Gasteiger partial charge in [0.2, 0.25) is 11.8 Å². The van der Waals surface area contributed by atoms with E-state index >= 15 is 0 Å². The molecule has 0 aliphatic heterocycles. The summed E-state index contributed by atoms with van der Waals surface area (Å²) in [5.41, 5.74) is 2.01. The van der Waals surface area contributed by atoms with Crippen LogP contribution in [0.1, 0.15) is 5.89 Å². The number of para-hydroxylation sites is 1. The van der Waals surface area contributed by atoms with Crippen molar-refractivity contribution in [2.75, 3.05) is 0 Å². The number of carboxylic acid groups (broad SMARTS) is 1. The van der Waals surface area contributed by atoms with Crippen LogP contribution in [-0.4, -0.2) is 31.2 Å². The topological polar surface area (TPSA) is 102 Å². The molecule has 0 amide bonds. The van der Waals surface area contributed by atoms with Gasteiger partial charge in [-0.25, -0.2) is 4.79 Å². The van der Waals surface area contributed by atoms with Crippen molar-refractivity contribution >= 4 is 23.1 Å². The quantitative estimate of drug-likeness (QED) is 0.722. The van der Waals surface area contributed by atoms with E-state index in [2.05, 4.69) is 20.2 Å². The van der Waals surface area contributed by atoms with Gasteiger partial charge >= 0.3 is 5.97 Å². The summed E-state index contributed by atoms with van der Waals surface area (Å²) in [6, 6.07) is 5.42. The van der Waals surface area contributed by atoms with Crippen molar-refractivity contribution < 1.29 is 14.3 Å². The number of carbonyl (C=O) groups is 1. The highest BCUT2D eigenvalue weighted by atomic mass is 16.4. The minimum Gasteiger partial charge on any atom is -0.478 e. The standard InChI is InChI=1S/C13H8N4O3/c18-11(19)5-4-10-16-17-13(20-10)8-2-1-3-9-12(8)15-7-6-14-9/h1-7H,(H,18,19)/b5-4+. The van der Waals surface area contributed by atoms with Crippen molar-refractivity contribution in [2.45, 2.75) is 0 Å². The SMILES string of the molecule is O=C(O)/C=C/c1nnc(-c2cccc3nccnc23)o1. The molecule has 0 bridgehead atoms. The molecule has 2 heterocycles. The van der Waals surface area contributed by atoms with Crippen LogP contribution >= 0.6 is 0 Å². The van der Waals surface area contributed by atoms with Gasteiger partial charge in [0, 0.05) is 24.5 Å². The Bertz CT molecular complexity index is 805. The normalized spacial score (nSPS) is 11.2. The number of rotatable bonds is 3. The highest BCUT2D eigenvalue weighted by Gasteiger charge is 2.11. The van der Waals surface area contributed by atoms with E-state index in [9.17, 15) is 4.79 Å². The molecule has 0 fully saturated rings. The minimum atomic E-state index is -1.08. The Kier molecular flexibility index (Phi) is 2.92.